The van der Waals surface area contributed by atoms with E-state index in [0.29, 0.717) is 44.1 Å². The first-order valence-corrected chi connectivity index (χ1v) is 16.7. The van der Waals surface area contributed by atoms with Crippen LogP contribution < -0.4 is 14.4 Å². The Hall–Kier alpha value is -4.67. The lowest BCUT2D eigenvalue weighted by Crippen LogP contribution is -2.48. The summed E-state index contributed by atoms with van der Waals surface area (Å²) in [4.78, 5) is 29.8. The monoisotopic (exact) mass is 642 g/mol. The highest BCUT2D eigenvalue weighted by Gasteiger charge is 2.22. The fourth-order valence-corrected chi connectivity index (χ4v) is 5.94. The van der Waals surface area contributed by atoms with Crippen molar-refractivity contribution >= 4 is 27.5 Å². The number of carbonyl (C=O) groups excluding carboxylic acids is 2. The molecule has 5 rings (SSSR count). The summed E-state index contributed by atoms with van der Waals surface area (Å²) in [5, 5.41) is 0. The van der Waals surface area contributed by atoms with E-state index in [1.54, 1.807) is 36.4 Å². The number of carbonyl (C=O) groups is 2. The maximum absolute atomic E-state index is 12.9. The van der Waals surface area contributed by atoms with Crippen LogP contribution in [-0.2, 0) is 25.7 Å². The first-order valence-electron chi connectivity index (χ1n) is 15.3. The Morgan fingerprint density at radius 1 is 0.696 bits per heavy atom. The molecule has 4 aromatic carbocycles. The molecule has 0 aromatic heterocycles. The molecule has 1 saturated heterocycles. The molecule has 0 aliphatic carbocycles. The molecule has 4 aromatic rings. The summed E-state index contributed by atoms with van der Waals surface area (Å²) in [6.45, 7) is 4.90. The molecular formula is C36H38N2O7S. The van der Waals surface area contributed by atoms with Crippen molar-refractivity contribution < 1.29 is 31.7 Å². The number of ether oxygens (including phenoxy) is 2. The van der Waals surface area contributed by atoms with E-state index in [1.165, 1.54) is 12.1 Å². The molecule has 0 radical (unpaired) electrons. The molecule has 9 nitrogen and oxygen atoms in total. The van der Waals surface area contributed by atoms with Gasteiger partial charge in [-0.1, -0.05) is 48.0 Å². The van der Waals surface area contributed by atoms with Gasteiger partial charge >= 0.3 is 0 Å². The van der Waals surface area contributed by atoms with E-state index >= 15 is 0 Å². The van der Waals surface area contributed by atoms with Gasteiger partial charge in [-0.15, -0.1) is 0 Å². The summed E-state index contributed by atoms with van der Waals surface area (Å²) < 4.78 is 41.1. The Morgan fingerprint density at radius 3 is 2.00 bits per heavy atom. The predicted octanol–water partition coefficient (Wildman–Crippen LogP) is 5.67. The van der Waals surface area contributed by atoms with Gasteiger partial charge in [-0.2, -0.15) is 8.42 Å². The zero-order chi connectivity index (χ0) is 32.4. The third kappa shape index (κ3) is 9.18. The van der Waals surface area contributed by atoms with E-state index in [9.17, 15) is 18.0 Å². The van der Waals surface area contributed by atoms with Crippen molar-refractivity contribution in [2.24, 2.45) is 0 Å². The SMILES string of the molecule is Cc1ccc(S(=O)(=O)OCCOc2ccc(C(=O)CCC(=O)N3CCN(c4ccc(OCc5ccccc5)cc4)CC3)cc2)cc1. The van der Waals surface area contributed by atoms with Crippen LogP contribution in [-0.4, -0.2) is 64.4 Å². The van der Waals surface area contributed by atoms with Gasteiger partial charge in [0.05, 0.1) is 4.90 Å². The number of aryl methyl sites for hydroxylation is 1. The Bertz CT molecular complexity index is 1680. The van der Waals surface area contributed by atoms with E-state index in [-0.39, 0.29) is 42.6 Å². The molecule has 1 fully saturated rings. The molecule has 1 aliphatic rings. The van der Waals surface area contributed by atoms with Crippen LogP contribution in [0.2, 0.25) is 0 Å². The number of anilines is 1. The van der Waals surface area contributed by atoms with Crippen LogP contribution >= 0.6 is 0 Å². The summed E-state index contributed by atoms with van der Waals surface area (Å²) in [5.41, 5.74) is 3.64. The van der Waals surface area contributed by atoms with Gasteiger partial charge in [0.1, 0.15) is 31.3 Å². The average Bonchev–Trinajstić information content (AvgIpc) is 3.09. The summed E-state index contributed by atoms with van der Waals surface area (Å²) in [5.74, 6) is 1.14. The standard InChI is InChI=1S/C36H38N2O7S/c1-28-7-17-34(18-8-28)46(41,42)45-26-25-43-32-13-9-30(10-14-32)35(39)19-20-36(40)38-23-21-37(22-24-38)31-11-15-33(16-12-31)44-27-29-5-3-2-4-6-29/h2-18H,19-27H2,1H3. The predicted molar refractivity (Wildman–Crippen MR) is 176 cm³/mol. The van der Waals surface area contributed by atoms with E-state index in [1.807, 2.05) is 66.4 Å². The lowest BCUT2D eigenvalue weighted by atomic mass is 10.1. The van der Waals surface area contributed by atoms with Gasteiger partial charge in [0.25, 0.3) is 10.1 Å². The Kier molecular flexibility index (Phi) is 11.1. The number of ketones is 1. The minimum atomic E-state index is -3.86. The number of benzene rings is 4. The Balaban J connectivity index is 0.990. The molecule has 1 heterocycles. The normalized spacial score (nSPS) is 13.3. The smallest absolute Gasteiger partial charge is 0.297 e. The zero-order valence-corrected chi connectivity index (χ0v) is 26.7. The van der Waals surface area contributed by atoms with Crippen molar-refractivity contribution in [3.8, 4) is 11.5 Å². The molecular weight excluding hydrogens is 604 g/mol. The molecule has 1 aliphatic heterocycles. The second-order valence-corrected chi connectivity index (χ2v) is 12.6. The van der Waals surface area contributed by atoms with Crippen molar-refractivity contribution in [2.75, 3.05) is 44.3 Å². The summed E-state index contributed by atoms with van der Waals surface area (Å²) in [6, 6.07) is 31.0. The molecule has 10 heteroatoms. The van der Waals surface area contributed by atoms with E-state index in [2.05, 4.69) is 4.90 Å². The number of rotatable bonds is 14. The Morgan fingerprint density at radius 2 is 1.33 bits per heavy atom. The van der Waals surface area contributed by atoms with Crippen molar-refractivity contribution in [3.63, 3.8) is 0 Å². The molecule has 0 saturated carbocycles. The van der Waals surface area contributed by atoms with Gasteiger partial charge < -0.3 is 19.3 Å². The van der Waals surface area contributed by atoms with E-state index < -0.39 is 10.1 Å². The van der Waals surface area contributed by atoms with Crippen LogP contribution in [0.1, 0.15) is 34.3 Å². The minimum Gasteiger partial charge on any atom is -0.491 e. The van der Waals surface area contributed by atoms with Crippen LogP contribution in [0.15, 0.2) is 108 Å². The molecule has 46 heavy (non-hydrogen) atoms. The van der Waals surface area contributed by atoms with E-state index in [0.717, 1.165) is 22.6 Å². The zero-order valence-electron chi connectivity index (χ0n) is 25.8. The molecule has 240 valence electrons. The van der Waals surface area contributed by atoms with Gasteiger partial charge in [-0.25, -0.2) is 0 Å². The quantitative estimate of drug-likeness (QED) is 0.0986. The highest BCUT2D eigenvalue weighted by atomic mass is 32.2. The van der Waals surface area contributed by atoms with Gasteiger partial charge in [0.15, 0.2) is 5.78 Å². The first-order chi connectivity index (χ1) is 22.3. The number of hydrogen-bond donors (Lipinski definition) is 0. The van der Waals surface area contributed by atoms with Gasteiger partial charge in [-0.05, 0) is 73.2 Å². The number of Topliss-reactive ketones (excluding diaryl/α,β-unsaturated/α-hetero) is 1. The van der Waals surface area contributed by atoms with Crippen molar-refractivity contribution in [1.82, 2.24) is 4.90 Å². The highest BCUT2D eigenvalue weighted by molar-refractivity contribution is 7.86. The Labute approximate surface area is 270 Å². The fourth-order valence-electron chi connectivity index (χ4n) is 5.04. The van der Waals surface area contributed by atoms with Crippen LogP contribution in [0.25, 0.3) is 0 Å². The molecule has 0 bridgehead atoms. The van der Waals surface area contributed by atoms with Gasteiger partial charge in [-0.3, -0.25) is 13.8 Å². The number of nitrogens with zero attached hydrogens (tertiary/aromatic N) is 2. The van der Waals surface area contributed by atoms with Crippen molar-refractivity contribution in [2.45, 2.75) is 31.3 Å². The first kappa shape index (κ1) is 32.7. The van der Waals surface area contributed by atoms with Gasteiger partial charge in [0.2, 0.25) is 5.91 Å². The second kappa shape index (κ2) is 15.6. The molecule has 0 unspecified atom stereocenters. The third-order valence-electron chi connectivity index (χ3n) is 7.72. The summed E-state index contributed by atoms with van der Waals surface area (Å²) >= 11 is 0. The van der Waals surface area contributed by atoms with Gasteiger partial charge in [0, 0.05) is 50.3 Å². The summed E-state index contributed by atoms with van der Waals surface area (Å²) in [7, 11) is -3.86. The lowest BCUT2D eigenvalue weighted by Gasteiger charge is -2.36. The third-order valence-corrected chi connectivity index (χ3v) is 9.05. The van der Waals surface area contributed by atoms with Crippen LogP contribution in [0.5, 0.6) is 11.5 Å². The van der Waals surface area contributed by atoms with Crippen LogP contribution in [0, 0.1) is 6.92 Å². The number of amides is 1. The number of hydrogen-bond acceptors (Lipinski definition) is 8. The fraction of sp³-hybridized carbons (Fsp3) is 0.278. The van der Waals surface area contributed by atoms with E-state index in [4.69, 9.17) is 13.7 Å². The highest BCUT2D eigenvalue weighted by Crippen LogP contribution is 2.22. The second-order valence-electron chi connectivity index (χ2n) is 11.0. The molecule has 0 N–H and O–H groups in total. The molecule has 0 spiro atoms. The number of piperazine rings is 1. The average molecular weight is 643 g/mol. The minimum absolute atomic E-state index is 0.0225. The van der Waals surface area contributed by atoms with Crippen LogP contribution in [0.4, 0.5) is 5.69 Å². The molecule has 1 amide bonds. The lowest BCUT2D eigenvalue weighted by molar-refractivity contribution is -0.131. The maximum Gasteiger partial charge on any atom is 0.297 e. The largest absolute Gasteiger partial charge is 0.491 e. The van der Waals surface area contributed by atoms with Crippen molar-refractivity contribution in [1.29, 1.82) is 0 Å². The maximum atomic E-state index is 12.9. The van der Waals surface area contributed by atoms with Crippen LogP contribution in [0.3, 0.4) is 0 Å². The van der Waals surface area contributed by atoms with Crippen molar-refractivity contribution in [3.05, 3.63) is 120 Å². The topological polar surface area (TPSA) is 102 Å². The molecule has 0 atom stereocenters. The summed E-state index contributed by atoms with van der Waals surface area (Å²) in [6.07, 6.45) is 0.270.